The molecule has 1 aliphatic rings. The Morgan fingerprint density at radius 2 is 1.82 bits per heavy atom. The van der Waals surface area contributed by atoms with E-state index in [9.17, 15) is 13.6 Å². The molecule has 1 fully saturated rings. The molecule has 1 heterocycles. The molecule has 0 spiro atoms. The predicted octanol–water partition coefficient (Wildman–Crippen LogP) is 4.91. The van der Waals surface area contributed by atoms with Crippen molar-refractivity contribution in [3.05, 3.63) is 58.6 Å². The molecule has 0 unspecified atom stereocenters. The number of carbonyl (C=O) groups is 1. The number of carbonyl (C=O) groups excluding carboxylic acids is 1. The molecule has 6 nitrogen and oxygen atoms in total. The van der Waals surface area contributed by atoms with Crippen molar-refractivity contribution in [1.82, 2.24) is 15.3 Å². The molecule has 33 heavy (non-hydrogen) atoms. The van der Waals surface area contributed by atoms with E-state index >= 15 is 0 Å². The number of nitrogens with one attached hydrogen (secondary N) is 2. The van der Waals surface area contributed by atoms with Crippen molar-refractivity contribution in [3.63, 3.8) is 0 Å². The van der Waals surface area contributed by atoms with E-state index in [4.69, 9.17) is 11.6 Å². The lowest BCUT2D eigenvalue weighted by Gasteiger charge is -2.28. The number of amides is 1. The molecule has 3 aromatic rings. The Bertz CT molecular complexity index is 1170. The van der Waals surface area contributed by atoms with Crippen LogP contribution in [0.5, 0.6) is 0 Å². The van der Waals surface area contributed by atoms with E-state index in [1.807, 2.05) is 18.2 Å². The molecular formula is C24H26ClF2N5O. The van der Waals surface area contributed by atoms with Gasteiger partial charge in [0.05, 0.1) is 5.52 Å². The van der Waals surface area contributed by atoms with Gasteiger partial charge in [0.15, 0.2) is 11.6 Å². The van der Waals surface area contributed by atoms with Crippen LogP contribution in [0.2, 0.25) is 5.02 Å². The topological polar surface area (TPSA) is 70.2 Å². The lowest BCUT2D eigenvalue weighted by molar-refractivity contribution is -0.126. The van der Waals surface area contributed by atoms with Gasteiger partial charge in [-0.25, -0.2) is 13.8 Å². The third kappa shape index (κ3) is 5.50. The van der Waals surface area contributed by atoms with Crippen LogP contribution in [-0.4, -0.2) is 36.0 Å². The first kappa shape index (κ1) is 23.2. The summed E-state index contributed by atoms with van der Waals surface area (Å²) >= 11 is 6.00. The van der Waals surface area contributed by atoms with E-state index < -0.39 is 11.6 Å². The molecule has 0 bridgehead atoms. The number of halogens is 3. The smallest absolute Gasteiger partial charge is 0.225 e. The largest absolute Gasteiger partial charge is 0.362 e. The molecule has 1 aromatic heterocycles. The molecule has 1 aliphatic carbocycles. The van der Waals surface area contributed by atoms with Crippen LogP contribution in [0.4, 0.5) is 20.5 Å². The van der Waals surface area contributed by atoms with E-state index in [-0.39, 0.29) is 17.9 Å². The molecular weight excluding hydrogens is 448 g/mol. The van der Waals surface area contributed by atoms with Crippen LogP contribution in [0.1, 0.15) is 31.2 Å². The number of hydrogen-bond acceptors (Lipinski definition) is 5. The number of rotatable bonds is 6. The average molecular weight is 474 g/mol. The van der Waals surface area contributed by atoms with Crippen molar-refractivity contribution in [2.24, 2.45) is 5.92 Å². The summed E-state index contributed by atoms with van der Waals surface area (Å²) in [6, 6.07) is 9.74. The maximum Gasteiger partial charge on any atom is 0.225 e. The minimum Gasteiger partial charge on any atom is -0.362 e. The first-order valence-electron chi connectivity index (χ1n) is 10.9. The number of hydrogen-bond donors (Lipinski definition) is 2. The van der Waals surface area contributed by atoms with Gasteiger partial charge >= 0.3 is 0 Å². The van der Waals surface area contributed by atoms with Crippen LogP contribution in [0.15, 0.2) is 36.4 Å². The number of anilines is 2. The van der Waals surface area contributed by atoms with Gasteiger partial charge in [0, 0.05) is 49.1 Å². The fraction of sp³-hybridized carbons (Fsp3) is 0.375. The summed E-state index contributed by atoms with van der Waals surface area (Å²) in [5, 5.41) is 7.41. The Morgan fingerprint density at radius 3 is 2.52 bits per heavy atom. The molecule has 4 rings (SSSR count). The molecule has 9 heteroatoms. The Morgan fingerprint density at radius 1 is 1.09 bits per heavy atom. The Labute approximate surface area is 196 Å². The molecule has 2 N–H and O–H groups in total. The molecule has 1 saturated carbocycles. The summed E-state index contributed by atoms with van der Waals surface area (Å²) in [7, 11) is 3.58. The first-order valence-corrected chi connectivity index (χ1v) is 11.3. The predicted molar refractivity (Wildman–Crippen MR) is 126 cm³/mol. The summed E-state index contributed by atoms with van der Waals surface area (Å²) in [4.78, 5) is 23.2. The summed E-state index contributed by atoms with van der Waals surface area (Å²) in [6.45, 7) is 0.451. The van der Waals surface area contributed by atoms with Gasteiger partial charge in [-0.1, -0.05) is 23.7 Å². The SMILES string of the molecule is CN(C)c1nc(NC2CCC(C(=O)NCc3cccc(Cl)c3)CC2)nc2cc(F)c(F)cc12. The Kier molecular flexibility index (Phi) is 6.93. The van der Waals surface area contributed by atoms with Crippen molar-refractivity contribution < 1.29 is 13.6 Å². The highest BCUT2D eigenvalue weighted by atomic mass is 35.5. The molecule has 2 aromatic carbocycles. The van der Waals surface area contributed by atoms with Gasteiger partial charge in [-0.3, -0.25) is 4.79 Å². The number of fused-ring (bicyclic) bond motifs is 1. The van der Waals surface area contributed by atoms with Gasteiger partial charge in [-0.05, 0) is 49.4 Å². The van der Waals surface area contributed by atoms with Gasteiger partial charge in [0.25, 0.3) is 0 Å². The fourth-order valence-electron chi connectivity index (χ4n) is 4.18. The molecule has 0 atom stereocenters. The van der Waals surface area contributed by atoms with Crippen molar-refractivity contribution in [2.75, 3.05) is 24.3 Å². The van der Waals surface area contributed by atoms with Crippen molar-refractivity contribution in [1.29, 1.82) is 0 Å². The van der Waals surface area contributed by atoms with E-state index in [0.29, 0.717) is 34.2 Å². The first-order chi connectivity index (χ1) is 15.8. The zero-order valence-electron chi connectivity index (χ0n) is 18.5. The van der Waals surface area contributed by atoms with Crippen LogP contribution < -0.4 is 15.5 Å². The summed E-state index contributed by atoms with van der Waals surface area (Å²) < 4.78 is 27.5. The van der Waals surface area contributed by atoms with E-state index in [1.165, 1.54) is 0 Å². The van der Waals surface area contributed by atoms with Crippen LogP contribution in [-0.2, 0) is 11.3 Å². The minimum absolute atomic E-state index is 0.0442. The lowest BCUT2D eigenvalue weighted by Crippen LogP contribution is -2.35. The second-order valence-corrected chi connectivity index (χ2v) is 9.03. The highest BCUT2D eigenvalue weighted by Gasteiger charge is 2.27. The summed E-state index contributed by atoms with van der Waals surface area (Å²) in [5.41, 5.74) is 1.30. The third-order valence-corrected chi connectivity index (χ3v) is 6.16. The van der Waals surface area contributed by atoms with Gasteiger partial charge in [-0.2, -0.15) is 4.98 Å². The Balaban J connectivity index is 1.37. The van der Waals surface area contributed by atoms with E-state index in [1.54, 1.807) is 25.1 Å². The van der Waals surface area contributed by atoms with Gasteiger partial charge < -0.3 is 15.5 Å². The zero-order valence-corrected chi connectivity index (χ0v) is 19.3. The van der Waals surface area contributed by atoms with Crippen LogP contribution in [0, 0.1) is 17.6 Å². The standard InChI is InChI=1S/C24H26ClF2N5O/c1-32(2)22-18-11-19(26)20(27)12-21(18)30-24(31-22)29-17-8-6-15(7-9-17)23(33)28-13-14-4-3-5-16(25)10-14/h3-5,10-12,15,17H,6-9,13H2,1-2H3,(H,28,33)(H,29,30,31). The quantitative estimate of drug-likeness (QED) is 0.532. The van der Waals surface area contributed by atoms with Gasteiger partial charge in [0.2, 0.25) is 11.9 Å². The highest BCUT2D eigenvalue weighted by Crippen LogP contribution is 2.29. The monoisotopic (exact) mass is 473 g/mol. The van der Waals surface area contributed by atoms with Crippen molar-refractivity contribution >= 4 is 40.2 Å². The third-order valence-electron chi connectivity index (χ3n) is 5.93. The highest BCUT2D eigenvalue weighted by molar-refractivity contribution is 6.30. The van der Waals surface area contributed by atoms with Crippen LogP contribution in [0.25, 0.3) is 10.9 Å². The average Bonchev–Trinajstić information content (AvgIpc) is 2.78. The van der Waals surface area contributed by atoms with E-state index in [0.717, 1.165) is 43.4 Å². The van der Waals surface area contributed by atoms with Crippen molar-refractivity contribution in [3.8, 4) is 0 Å². The maximum absolute atomic E-state index is 13.8. The lowest BCUT2D eigenvalue weighted by atomic mass is 9.85. The maximum atomic E-state index is 13.8. The second-order valence-electron chi connectivity index (χ2n) is 8.59. The minimum atomic E-state index is -0.943. The summed E-state index contributed by atoms with van der Waals surface area (Å²) in [5.74, 6) is -0.999. The normalized spacial score (nSPS) is 18.2. The number of aromatic nitrogens is 2. The number of nitrogens with zero attached hydrogens (tertiary/aromatic N) is 3. The second kappa shape index (κ2) is 9.87. The summed E-state index contributed by atoms with van der Waals surface area (Å²) in [6.07, 6.45) is 3.05. The van der Waals surface area contributed by atoms with Gasteiger partial charge in [0.1, 0.15) is 5.82 Å². The fourth-order valence-corrected chi connectivity index (χ4v) is 4.39. The molecule has 0 radical (unpaired) electrons. The molecule has 1 amide bonds. The molecule has 174 valence electrons. The van der Waals surface area contributed by atoms with Crippen LogP contribution in [0.3, 0.4) is 0 Å². The number of benzene rings is 2. The van der Waals surface area contributed by atoms with E-state index in [2.05, 4.69) is 20.6 Å². The molecule has 0 aliphatic heterocycles. The van der Waals surface area contributed by atoms with Gasteiger partial charge in [-0.15, -0.1) is 0 Å². The van der Waals surface area contributed by atoms with Crippen LogP contribution >= 0.6 is 11.6 Å². The Hall–Kier alpha value is -3.00. The molecule has 0 saturated heterocycles. The zero-order chi connectivity index (χ0) is 23.5. The van der Waals surface area contributed by atoms with Crippen molar-refractivity contribution in [2.45, 2.75) is 38.3 Å².